The van der Waals surface area contributed by atoms with Gasteiger partial charge in [-0.3, -0.25) is 34.3 Å². The Bertz CT molecular complexity index is 2470. The van der Waals surface area contributed by atoms with Crippen molar-refractivity contribution in [1.82, 2.24) is 35.3 Å². The number of aromatic nitrogens is 2. The van der Waals surface area contributed by atoms with Gasteiger partial charge in [-0.2, -0.15) is 4.98 Å². The first kappa shape index (κ1) is 45.8. The number of piperidine rings is 2. The average molecular weight is 927 g/mol. The minimum atomic E-state index is -2.56. The number of para-hydroxylation sites is 1. The van der Waals surface area contributed by atoms with E-state index in [-0.39, 0.29) is 30.7 Å². The summed E-state index contributed by atoms with van der Waals surface area (Å²) in [5.41, 5.74) is 3.70. The van der Waals surface area contributed by atoms with Gasteiger partial charge in [-0.25, -0.2) is 4.98 Å². The van der Waals surface area contributed by atoms with Crippen molar-refractivity contribution in [2.24, 2.45) is 0 Å². The largest absolute Gasteiger partial charge is 0.494 e. The standard InChI is InChI=1S/C46H56ClN10O7P/c1-63-39-26-31(12-13-35(39)51-46-49-27-34(47)43(53-46)50-36-9-4-5-11-40(36)65(2,3)62)55-19-16-30(17-20-55)56-23-21-54(22-24-56)29-42(59)48-18-7-25-64-38-10-6-8-32-33(38)28-57(45(32)61)37-14-15-41(58)52-44(37)60/h4-6,8-13,26-27,30,37H,7,14-25,28-29H2,1-3H3,(H,48,59)(H,52,58,60)(H2,49,50,51,53). The Morgan fingerprint density at radius 2 is 1.71 bits per heavy atom. The van der Waals surface area contributed by atoms with Crippen molar-refractivity contribution in [2.45, 2.75) is 50.7 Å². The van der Waals surface area contributed by atoms with Crippen molar-refractivity contribution in [3.8, 4) is 11.5 Å². The zero-order valence-electron chi connectivity index (χ0n) is 37.0. The van der Waals surface area contributed by atoms with Crippen LogP contribution in [0.2, 0.25) is 5.02 Å². The van der Waals surface area contributed by atoms with E-state index in [1.165, 1.54) is 11.1 Å². The van der Waals surface area contributed by atoms with Crippen molar-refractivity contribution in [3.63, 3.8) is 0 Å². The summed E-state index contributed by atoms with van der Waals surface area (Å²) in [5, 5.41) is 12.9. The second kappa shape index (κ2) is 20.2. The van der Waals surface area contributed by atoms with E-state index < -0.39 is 19.1 Å². The van der Waals surface area contributed by atoms with Gasteiger partial charge < -0.3 is 39.8 Å². The van der Waals surface area contributed by atoms with E-state index in [1.54, 1.807) is 32.6 Å². The third kappa shape index (κ3) is 10.9. The molecule has 4 aromatic rings. The highest BCUT2D eigenvalue weighted by molar-refractivity contribution is 7.70. The fourth-order valence-corrected chi connectivity index (χ4v) is 10.3. The Morgan fingerprint density at radius 3 is 2.46 bits per heavy atom. The lowest BCUT2D eigenvalue weighted by Gasteiger charge is -2.43. The molecule has 4 amide bonds. The van der Waals surface area contributed by atoms with Crippen LogP contribution < -0.4 is 40.9 Å². The number of methoxy groups -OCH3 is 1. The number of hydrogen-bond donors (Lipinski definition) is 4. The molecule has 1 atom stereocenters. The number of benzene rings is 3. The number of ether oxygens (including phenoxy) is 2. The van der Waals surface area contributed by atoms with Crippen molar-refractivity contribution < 1.29 is 33.2 Å². The summed E-state index contributed by atoms with van der Waals surface area (Å²) >= 11 is 6.48. The van der Waals surface area contributed by atoms with E-state index in [1.807, 2.05) is 42.5 Å². The number of rotatable bonds is 16. The van der Waals surface area contributed by atoms with Crippen molar-refractivity contribution in [3.05, 3.63) is 83.0 Å². The lowest BCUT2D eigenvalue weighted by molar-refractivity contribution is -0.137. The van der Waals surface area contributed by atoms with Gasteiger partial charge in [0.2, 0.25) is 23.7 Å². The molecule has 3 saturated heterocycles. The highest BCUT2D eigenvalue weighted by Crippen LogP contribution is 2.39. The summed E-state index contributed by atoms with van der Waals surface area (Å²) in [5.74, 6) is 0.949. The van der Waals surface area contributed by atoms with Gasteiger partial charge in [0.05, 0.1) is 44.4 Å². The first-order valence-electron chi connectivity index (χ1n) is 22.1. The molecule has 0 aliphatic carbocycles. The molecule has 65 heavy (non-hydrogen) atoms. The van der Waals surface area contributed by atoms with Gasteiger partial charge in [0, 0.05) is 86.5 Å². The molecule has 4 N–H and O–H groups in total. The number of anilines is 5. The van der Waals surface area contributed by atoms with E-state index in [2.05, 4.69) is 52.0 Å². The number of piperazine rings is 1. The minimum absolute atomic E-state index is 0.0134. The molecule has 0 saturated carbocycles. The van der Waals surface area contributed by atoms with Crippen molar-refractivity contribution >= 4 is 76.5 Å². The number of imide groups is 1. The molecule has 1 aromatic heterocycles. The molecule has 8 rings (SSSR count). The number of amides is 4. The summed E-state index contributed by atoms with van der Waals surface area (Å²) in [7, 11) is -0.918. The van der Waals surface area contributed by atoms with E-state index >= 15 is 0 Å². The lowest BCUT2D eigenvalue weighted by atomic mass is 10.0. The fraction of sp³-hybridized carbons (Fsp3) is 0.435. The molecule has 344 valence electrons. The molecule has 17 nitrogen and oxygen atoms in total. The highest BCUT2D eigenvalue weighted by atomic mass is 35.5. The molecule has 4 aliphatic rings. The number of halogens is 1. The Hall–Kier alpha value is -5.74. The monoisotopic (exact) mass is 926 g/mol. The molecule has 19 heteroatoms. The smallest absolute Gasteiger partial charge is 0.255 e. The Balaban J connectivity index is 0.744. The predicted molar refractivity (Wildman–Crippen MR) is 251 cm³/mol. The second-order valence-electron chi connectivity index (χ2n) is 17.2. The summed E-state index contributed by atoms with van der Waals surface area (Å²) in [6, 6.07) is 18.6. The molecule has 1 unspecified atom stereocenters. The van der Waals surface area contributed by atoms with Crippen LogP contribution in [-0.2, 0) is 25.5 Å². The van der Waals surface area contributed by atoms with Crippen LogP contribution in [0.3, 0.4) is 0 Å². The number of carbonyl (C=O) groups is 4. The number of carbonyl (C=O) groups excluding carboxylic acids is 4. The van der Waals surface area contributed by atoms with Crippen LogP contribution in [-0.4, -0.2) is 140 Å². The van der Waals surface area contributed by atoms with Crippen LogP contribution >= 0.6 is 18.7 Å². The summed E-state index contributed by atoms with van der Waals surface area (Å²) < 4.78 is 24.8. The van der Waals surface area contributed by atoms with Gasteiger partial charge in [-0.15, -0.1) is 0 Å². The molecule has 0 radical (unpaired) electrons. The van der Waals surface area contributed by atoms with Gasteiger partial charge in [-0.1, -0.05) is 29.8 Å². The molecule has 5 heterocycles. The number of fused-ring (bicyclic) bond motifs is 1. The molecule has 4 aliphatic heterocycles. The molecular formula is C46H56ClN10O7P. The van der Waals surface area contributed by atoms with Gasteiger partial charge in [0.15, 0.2) is 5.82 Å². The number of hydrogen-bond acceptors (Lipinski definition) is 14. The van der Waals surface area contributed by atoms with Crippen LogP contribution in [0.15, 0.2) is 66.9 Å². The van der Waals surface area contributed by atoms with E-state index in [0.717, 1.165) is 63.4 Å². The lowest BCUT2D eigenvalue weighted by Crippen LogP contribution is -2.54. The zero-order valence-corrected chi connectivity index (χ0v) is 38.6. The first-order valence-corrected chi connectivity index (χ1v) is 25.1. The SMILES string of the molecule is COc1cc(N2CCC(N3CCN(CC(=O)NCCCOc4cccc5c4CN(C4CCC(=O)NC4=O)C5=O)CC3)CC2)ccc1Nc1ncc(Cl)c(Nc2ccccc2P(C)(C)=O)n1. The Morgan fingerprint density at radius 1 is 0.923 bits per heavy atom. The van der Waals surface area contributed by atoms with Crippen LogP contribution in [0.5, 0.6) is 11.5 Å². The van der Waals surface area contributed by atoms with Crippen LogP contribution in [0.4, 0.5) is 28.8 Å². The predicted octanol–water partition coefficient (Wildman–Crippen LogP) is 4.81. The zero-order chi connectivity index (χ0) is 45.7. The van der Waals surface area contributed by atoms with Crippen LogP contribution in [0, 0.1) is 0 Å². The maximum atomic E-state index is 13.1. The number of nitrogens with one attached hydrogen (secondary N) is 4. The topological polar surface area (TPSA) is 191 Å². The first-order chi connectivity index (χ1) is 31.3. The summed E-state index contributed by atoms with van der Waals surface area (Å²) in [6.45, 7) is 10.2. The Kier molecular flexibility index (Phi) is 14.2. The quantitative estimate of drug-likeness (QED) is 0.0681. The van der Waals surface area contributed by atoms with Gasteiger partial charge >= 0.3 is 0 Å². The maximum Gasteiger partial charge on any atom is 0.255 e. The van der Waals surface area contributed by atoms with E-state index in [9.17, 15) is 23.7 Å². The number of nitrogens with zero attached hydrogens (tertiary/aromatic N) is 6. The molecular weight excluding hydrogens is 871 g/mol. The van der Waals surface area contributed by atoms with Gasteiger partial charge in [-0.05, 0) is 75.4 Å². The molecule has 3 fully saturated rings. The van der Waals surface area contributed by atoms with E-state index in [4.69, 9.17) is 21.1 Å². The fourth-order valence-electron chi connectivity index (χ4n) is 9.00. The van der Waals surface area contributed by atoms with E-state index in [0.29, 0.717) is 89.1 Å². The summed E-state index contributed by atoms with van der Waals surface area (Å²) in [6.07, 6.45) is 4.69. The molecule has 3 aromatic carbocycles. The Labute approximate surface area is 383 Å². The average Bonchev–Trinajstić information content (AvgIpc) is 3.63. The third-order valence-corrected chi connectivity index (χ3v) is 14.3. The minimum Gasteiger partial charge on any atom is -0.494 e. The highest BCUT2D eigenvalue weighted by Gasteiger charge is 2.40. The normalized spacial score (nSPS) is 18.6. The van der Waals surface area contributed by atoms with Gasteiger partial charge in [0.1, 0.15) is 29.7 Å². The maximum absolute atomic E-state index is 13.1. The second-order valence-corrected chi connectivity index (χ2v) is 20.7. The van der Waals surface area contributed by atoms with Crippen LogP contribution in [0.1, 0.15) is 48.0 Å². The summed E-state index contributed by atoms with van der Waals surface area (Å²) in [4.78, 5) is 67.7. The molecule has 0 bridgehead atoms. The van der Waals surface area contributed by atoms with Gasteiger partial charge in [0.25, 0.3) is 5.91 Å². The van der Waals surface area contributed by atoms with Crippen molar-refractivity contribution in [2.75, 3.05) is 94.9 Å². The molecule has 0 spiro atoms. The van der Waals surface area contributed by atoms with Crippen molar-refractivity contribution in [1.29, 1.82) is 0 Å². The third-order valence-electron chi connectivity index (χ3n) is 12.5. The van der Waals surface area contributed by atoms with Crippen LogP contribution in [0.25, 0.3) is 0 Å².